The second-order valence-electron chi connectivity index (χ2n) is 4.73. The van der Waals surface area contributed by atoms with Crippen LogP contribution in [0.3, 0.4) is 0 Å². The summed E-state index contributed by atoms with van der Waals surface area (Å²) in [5.74, 6) is -0.426. The topological polar surface area (TPSA) is 90.6 Å². The third-order valence-electron chi connectivity index (χ3n) is 3.17. The van der Waals surface area contributed by atoms with Gasteiger partial charge in [0.1, 0.15) is 5.69 Å². The fourth-order valence-electron chi connectivity index (χ4n) is 1.97. The van der Waals surface area contributed by atoms with Crippen molar-refractivity contribution in [1.29, 1.82) is 0 Å². The summed E-state index contributed by atoms with van der Waals surface area (Å²) in [5.41, 5.74) is 0.554. The van der Waals surface area contributed by atoms with Crippen LogP contribution in [0.2, 0.25) is 0 Å². The highest BCUT2D eigenvalue weighted by Gasteiger charge is 2.08. The van der Waals surface area contributed by atoms with Gasteiger partial charge in [0, 0.05) is 0 Å². The quantitative estimate of drug-likeness (QED) is 0.622. The molecule has 0 atom stereocenters. The SMILES string of the molecule is COC(=O)c1ccc(C=c2sc3nc(=O)c(C)nn3c2=O)cc1. The molecule has 2 aromatic heterocycles. The van der Waals surface area contributed by atoms with E-state index in [4.69, 9.17) is 0 Å². The summed E-state index contributed by atoms with van der Waals surface area (Å²) >= 11 is 1.09. The Hall–Kier alpha value is -2.87. The zero-order chi connectivity index (χ0) is 16.6. The Labute approximate surface area is 133 Å². The molecule has 23 heavy (non-hydrogen) atoms. The van der Waals surface area contributed by atoms with Gasteiger partial charge < -0.3 is 4.74 Å². The van der Waals surface area contributed by atoms with Crippen LogP contribution in [0.1, 0.15) is 21.6 Å². The van der Waals surface area contributed by atoms with E-state index >= 15 is 0 Å². The second-order valence-corrected chi connectivity index (χ2v) is 5.74. The van der Waals surface area contributed by atoms with E-state index in [9.17, 15) is 14.4 Å². The van der Waals surface area contributed by atoms with E-state index in [2.05, 4.69) is 14.8 Å². The first-order valence-corrected chi connectivity index (χ1v) is 7.42. The number of esters is 1. The number of hydrogen-bond donors (Lipinski definition) is 0. The maximum atomic E-state index is 12.3. The van der Waals surface area contributed by atoms with E-state index in [1.807, 2.05) is 0 Å². The molecule has 3 rings (SSSR count). The van der Waals surface area contributed by atoms with Gasteiger partial charge in [-0.2, -0.15) is 14.6 Å². The van der Waals surface area contributed by atoms with E-state index in [-0.39, 0.29) is 16.2 Å². The van der Waals surface area contributed by atoms with Gasteiger partial charge in [-0.1, -0.05) is 23.5 Å². The van der Waals surface area contributed by atoms with Crippen LogP contribution in [0, 0.1) is 6.92 Å². The number of carbonyl (C=O) groups is 1. The zero-order valence-electron chi connectivity index (χ0n) is 12.3. The molecule has 0 N–H and O–H groups in total. The summed E-state index contributed by atoms with van der Waals surface area (Å²) in [6.07, 6.45) is 1.66. The third kappa shape index (κ3) is 2.76. The molecule has 0 radical (unpaired) electrons. The number of aromatic nitrogens is 3. The molecule has 1 aromatic carbocycles. The summed E-state index contributed by atoms with van der Waals surface area (Å²) in [5, 5.41) is 3.94. The first-order chi connectivity index (χ1) is 11.0. The summed E-state index contributed by atoms with van der Waals surface area (Å²) in [6.45, 7) is 1.51. The Kier molecular flexibility index (Phi) is 3.75. The first kappa shape index (κ1) is 15.0. The van der Waals surface area contributed by atoms with Crippen molar-refractivity contribution in [3.63, 3.8) is 0 Å². The predicted molar refractivity (Wildman–Crippen MR) is 84.7 cm³/mol. The molecule has 0 aliphatic rings. The minimum atomic E-state index is -0.444. The number of rotatable bonds is 2. The lowest BCUT2D eigenvalue weighted by Crippen LogP contribution is -2.27. The number of methoxy groups -OCH3 is 1. The lowest BCUT2D eigenvalue weighted by molar-refractivity contribution is 0.0600. The van der Waals surface area contributed by atoms with Crippen molar-refractivity contribution in [2.45, 2.75) is 6.92 Å². The summed E-state index contributed by atoms with van der Waals surface area (Å²) in [7, 11) is 1.31. The third-order valence-corrected chi connectivity index (χ3v) is 4.13. The summed E-state index contributed by atoms with van der Waals surface area (Å²) in [6, 6.07) is 6.62. The van der Waals surface area contributed by atoms with E-state index in [1.54, 1.807) is 30.3 Å². The standard InChI is InChI=1S/C15H11N3O4S/c1-8-12(19)16-15-18(17-8)13(20)11(23-15)7-9-3-5-10(6-4-9)14(21)22-2/h3-7H,1-2H3. The van der Waals surface area contributed by atoms with E-state index < -0.39 is 11.5 Å². The maximum Gasteiger partial charge on any atom is 0.337 e. The highest BCUT2D eigenvalue weighted by molar-refractivity contribution is 7.15. The van der Waals surface area contributed by atoms with Crippen LogP contribution < -0.4 is 15.7 Å². The van der Waals surface area contributed by atoms with Gasteiger partial charge in [0.25, 0.3) is 11.1 Å². The minimum absolute atomic E-state index is 0.173. The molecular weight excluding hydrogens is 318 g/mol. The lowest BCUT2D eigenvalue weighted by atomic mass is 10.1. The molecule has 116 valence electrons. The van der Waals surface area contributed by atoms with Gasteiger partial charge in [-0.15, -0.1) is 0 Å². The minimum Gasteiger partial charge on any atom is -0.465 e. The fourth-order valence-corrected chi connectivity index (χ4v) is 2.88. The van der Waals surface area contributed by atoms with Crippen molar-refractivity contribution in [3.8, 4) is 0 Å². The lowest BCUT2D eigenvalue weighted by Gasteiger charge is -1.98. The predicted octanol–water partition coefficient (Wildman–Crippen LogP) is 0.154. The number of ether oxygens (including phenoxy) is 1. The highest BCUT2D eigenvalue weighted by Crippen LogP contribution is 2.07. The smallest absolute Gasteiger partial charge is 0.337 e. The average molecular weight is 329 g/mol. The number of aryl methyl sites for hydroxylation is 1. The van der Waals surface area contributed by atoms with Crippen molar-refractivity contribution in [3.05, 3.63) is 66.3 Å². The van der Waals surface area contributed by atoms with Crippen molar-refractivity contribution < 1.29 is 9.53 Å². The molecule has 0 aliphatic heterocycles. The van der Waals surface area contributed by atoms with E-state index in [0.29, 0.717) is 10.1 Å². The van der Waals surface area contributed by atoms with Gasteiger partial charge in [-0.25, -0.2) is 4.79 Å². The number of nitrogens with zero attached hydrogens (tertiary/aromatic N) is 3. The maximum absolute atomic E-state index is 12.3. The molecule has 0 bridgehead atoms. The number of carbonyl (C=O) groups excluding carboxylic acids is 1. The Morgan fingerprint density at radius 3 is 2.61 bits per heavy atom. The molecule has 0 saturated heterocycles. The van der Waals surface area contributed by atoms with Crippen molar-refractivity contribution >= 4 is 28.3 Å². The van der Waals surface area contributed by atoms with Gasteiger partial charge in [-0.3, -0.25) is 9.59 Å². The summed E-state index contributed by atoms with van der Waals surface area (Å²) < 4.78 is 6.15. The number of benzene rings is 1. The number of fused-ring (bicyclic) bond motifs is 1. The molecular formula is C15H11N3O4S. The zero-order valence-corrected chi connectivity index (χ0v) is 13.1. The van der Waals surface area contributed by atoms with Gasteiger partial charge >= 0.3 is 5.97 Å². The number of thiazole rings is 1. The Balaban J connectivity index is 2.11. The molecule has 0 aliphatic carbocycles. The fraction of sp³-hybridized carbons (Fsp3) is 0.133. The Morgan fingerprint density at radius 2 is 1.96 bits per heavy atom. The molecule has 0 amide bonds. The first-order valence-electron chi connectivity index (χ1n) is 6.60. The van der Waals surface area contributed by atoms with E-state index in [1.165, 1.54) is 14.0 Å². The molecule has 0 saturated carbocycles. The van der Waals surface area contributed by atoms with Crippen LogP contribution in [-0.4, -0.2) is 27.7 Å². The highest BCUT2D eigenvalue weighted by atomic mass is 32.1. The average Bonchev–Trinajstić information content (AvgIpc) is 2.84. The number of hydrogen-bond acceptors (Lipinski definition) is 7. The molecule has 3 aromatic rings. The largest absolute Gasteiger partial charge is 0.465 e. The molecule has 0 spiro atoms. The van der Waals surface area contributed by atoms with Crippen molar-refractivity contribution in [1.82, 2.24) is 14.6 Å². The van der Waals surface area contributed by atoms with Crippen LogP contribution in [0.15, 0.2) is 33.9 Å². The van der Waals surface area contributed by atoms with Crippen LogP contribution >= 0.6 is 11.3 Å². The van der Waals surface area contributed by atoms with Crippen molar-refractivity contribution in [2.24, 2.45) is 0 Å². The Bertz CT molecular complexity index is 1070. The monoisotopic (exact) mass is 329 g/mol. The molecule has 0 fully saturated rings. The van der Waals surface area contributed by atoms with Crippen LogP contribution in [0.25, 0.3) is 11.0 Å². The van der Waals surface area contributed by atoms with Gasteiger partial charge in [0.15, 0.2) is 0 Å². The molecule has 8 heteroatoms. The second kappa shape index (κ2) is 5.73. The van der Waals surface area contributed by atoms with Crippen LogP contribution in [0.4, 0.5) is 0 Å². The van der Waals surface area contributed by atoms with Crippen LogP contribution in [0.5, 0.6) is 0 Å². The van der Waals surface area contributed by atoms with Gasteiger partial charge in [-0.05, 0) is 30.7 Å². The summed E-state index contributed by atoms with van der Waals surface area (Å²) in [4.78, 5) is 39.3. The normalized spacial score (nSPS) is 11.8. The van der Waals surface area contributed by atoms with Gasteiger partial charge in [0.2, 0.25) is 4.96 Å². The van der Waals surface area contributed by atoms with Crippen molar-refractivity contribution in [2.75, 3.05) is 7.11 Å². The van der Waals surface area contributed by atoms with E-state index in [0.717, 1.165) is 21.4 Å². The van der Waals surface area contributed by atoms with Gasteiger partial charge in [0.05, 0.1) is 17.2 Å². The molecule has 0 unspecified atom stereocenters. The molecule has 2 heterocycles. The Morgan fingerprint density at radius 1 is 1.26 bits per heavy atom. The molecule has 7 nitrogen and oxygen atoms in total. The van der Waals surface area contributed by atoms with Crippen LogP contribution in [-0.2, 0) is 4.74 Å².